The van der Waals surface area contributed by atoms with Crippen LogP contribution in [-0.4, -0.2) is 6.71 Å². The molecule has 0 radical (unpaired) electrons. The third-order valence-electron chi connectivity index (χ3n) is 6.13. The topological polar surface area (TPSA) is 18.5 Å². The van der Waals surface area contributed by atoms with Crippen LogP contribution in [0.5, 0.6) is 23.0 Å². The van der Waals surface area contributed by atoms with Crippen molar-refractivity contribution in [1.82, 2.24) is 0 Å². The number of rotatable bonds is 0. The second kappa shape index (κ2) is 5.92. The van der Waals surface area contributed by atoms with Gasteiger partial charge in [-0.2, -0.15) is 0 Å². The van der Waals surface area contributed by atoms with Crippen LogP contribution in [0.4, 0.5) is 0 Å². The van der Waals surface area contributed by atoms with Gasteiger partial charge in [-0.05, 0) is 57.1 Å². The predicted octanol–water partition coefficient (Wildman–Crippen LogP) is 5.01. The van der Waals surface area contributed by atoms with Gasteiger partial charge in [0.25, 0.3) is 6.71 Å². The van der Waals surface area contributed by atoms with Crippen molar-refractivity contribution in [3.05, 3.63) is 65.7 Å². The molecule has 0 atom stereocenters. The van der Waals surface area contributed by atoms with Crippen LogP contribution in [0.25, 0.3) is 0 Å². The van der Waals surface area contributed by atoms with Crippen molar-refractivity contribution in [2.45, 2.75) is 52.4 Å². The highest BCUT2D eigenvalue weighted by molar-refractivity contribution is 6.98. The summed E-state index contributed by atoms with van der Waals surface area (Å²) in [5.74, 6) is 3.69. The van der Waals surface area contributed by atoms with Gasteiger partial charge in [0.1, 0.15) is 23.0 Å². The lowest BCUT2D eigenvalue weighted by Crippen LogP contribution is -2.57. The van der Waals surface area contributed by atoms with Crippen LogP contribution in [0, 0.1) is 0 Å². The van der Waals surface area contributed by atoms with Crippen molar-refractivity contribution >= 4 is 23.1 Å². The number of benzene rings is 3. The fraction of sp³-hybridized carbons (Fsp3) is 0.308. The molecule has 0 saturated carbocycles. The van der Waals surface area contributed by atoms with E-state index in [1.54, 1.807) is 0 Å². The van der Waals surface area contributed by atoms with Gasteiger partial charge in [-0.1, -0.05) is 71.9 Å². The van der Waals surface area contributed by atoms with Crippen molar-refractivity contribution in [3.8, 4) is 23.0 Å². The average Bonchev–Trinajstić information content (AvgIpc) is 2.65. The van der Waals surface area contributed by atoms with Crippen molar-refractivity contribution in [2.75, 3.05) is 0 Å². The van der Waals surface area contributed by atoms with Gasteiger partial charge >= 0.3 is 0 Å². The van der Waals surface area contributed by atoms with Crippen LogP contribution in [0.2, 0.25) is 0 Å². The molecular weight excluding hydrogens is 355 g/mol. The minimum Gasteiger partial charge on any atom is -0.458 e. The van der Waals surface area contributed by atoms with Gasteiger partial charge in [0.05, 0.1) is 0 Å². The summed E-state index contributed by atoms with van der Waals surface area (Å²) in [5.41, 5.74) is 6.40. The zero-order valence-electron chi connectivity index (χ0n) is 18.1. The Morgan fingerprint density at radius 3 is 1.45 bits per heavy atom. The molecule has 0 amide bonds. The number of fused-ring (bicyclic) bond motifs is 4. The summed E-state index contributed by atoms with van der Waals surface area (Å²) < 4.78 is 12.6. The monoisotopic (exact) mass is 382 g/mol. The predicted molar refractivity (Wildman–Crippen MR) is 122 cm³/mol. The number of hydrogen-bond donors (Lipinski definition) is 0. The fourth-order valence-corrected chi connectivity index (χ4v) is 4.37. The highest BCUT2D eigenvalue weighted by atomic mass is 16.5. The van der Waals surface area contributed by atoms with Crippen LogP contribution in [-0.2, 0) is 10.8 Å². The zero-order chi connectivity index (χ0) is 20.6. The first kappa shape index (κ1) is 18.4. The maximum absolute atomic E-state index is 6.32. The highest BCUT2D eigenvalue weighted by Crippen LogP contribution is 2.36. The molecule has 2 aliphatic heterocycles. The molecule has 2 nitrogen and oxygen atoms in total. The Morgan fingerprint density at radius 1 is 0.586 bits per heavy atom. The third-order valence-corrected chi connectivity index (χ3v) is 6.13. The second-order valence-corrected chi connectivity index (χ2v) is 10.3. The van der Waals surface area contributed by atoms with E-state index in [9.17, 15) is 0 Å². The van der Waals surface area contributed by atoms with Crippen molar-refractivity contribution < 1.29 is 9.47 Å². The molecule has 5 rings (SSSR count). The lowest BCUT2D eigenvalue weighted by atomic mass is 9.34. The van der Waals surface area contributed by atoms with E-state index >= 15 is 0 Å². The average molecular weight is 382 g/mol. The van der Waals surface area contributed by atoms with Gasteiger partial charge in [0.2, 0.25) is 0 Å². The molecule has 2 heterocycles. The van der Waals surface area contributed by atoms with Crippen LogP contribution >= 0.6 is 0 Å². The molecule has 2 aliphatic rings. The van der Waals surface area contributed by atoms with E-state index in [2.05, 4.69) is 90.1 Å². The first-order valence-electron chi connectivity index (χ1n) is 10.4. The highest BCUT2D eigenvalue weighted by Gasteiger charge is 2.40. The smallest absolute Gasteiger partial charge is 0.260 e. The molecule has 0 aromatic heterocycles. The largest absolute Gasteiger partial charge is 0.458 e. The molecular formula is C26H27BO2. The molecule has 29 heavy (non-hydrogen) atoms. The van der Waals surface area contributed by atoms with E-state index in [4.69, 9.17) is 9.47 Å². The summed E-state index contributed by atoms with van der Waals surface area (Å²) in [7, 11) is 0. The summed E-state index contributed by atoms with van der Waals surface area (Å²) in [6, 6.07) is 19.4. The summed E-state index contributed by atoms with van der Waals surface area (Å²) >= 11 is 0. The lowest BCUT2D eigenvalue weighted by Gasteiger charge is -2.34. The Kier molecular flexibility index (Phi) is 3.75. The number of ether oxygens (including phenoxy) is 2. The molecule has 0 saturated heterocycles. The molecule has 0 unspecified atom stereocenters. The standard InChI is InChI=1S/C26H27BO2/c1-25(2,3)16-10-12-20-18(14-16)27-19-15-17(26(4,5)6)11-13-21(19)29-23-9-7-8-22(28-20)24(23)27/h7-15H,1-6H3. The summed E-state index contributed by atoms with van der Waals surface area (Å²) in [5, 5.41) is 0. The van der Waals surface area contributed by atoms with Gasteiger partial charge in [0.15, 0.2) is 0 Å². The normalized spacial score (nSPS) is 14.3. The second-order valence-electron chi connectivity index (χ2n) is 10.3. The molecule has 3 aromatic carbocycles. The van der Waals surface area contributed by atoms with E-state index in [0.717, 1.165) is 28.5 Å². The Morgan fingerprint density at radius 2 is 1.03 bits per heavy atom. The minimum absolute atomic E-state index is 0.0794. The molecule has 3 aromatic rings. The van der Waals surface area contributed by atoms with E-state index in [1.165, 1.54) is 22.1 Å². The van der Waals surface area contributed by atoms with Gasteiger partial charge < -0.3 is 9.47 Å². The van der Waals surface area contributed by atoms with Gasteiger partial charge in [-0.3, -0.25) is 0 Å². The third kappa shape index (κ3) is 2.87. The van der Waals surface area contributed by atoms with Crippen molar-refractivity contribution in [3.63, 3.8) is 0 Å². The zero-order valence-corrected chi connectivity index (χ0v) is 18.1. The van der Waals surface area contributed by atoms with Crippen LogP contribution in [0.1, 0.15) is 52.7 Å². The van der Waals surface area contributed by atoms with E-state index in [-0.39, 0.29) is 17.5 Å². The molecule has 0 spiro atoms. The molecule has 146 valence electrons. The van der Waals surface area contributed by atoms with E-state index < -0.39 is 0 Å². The Bertz CT molecular complexity index is 1050. The fourth-order valence-electron chi connectivity index (χ4n) is 4.37. The molecule has 0 bridgehead atoms. The quantitative estimate of drug-likeness (QED) is 0.351. The van der Waals surface area contributed by atoms with E-state index in [0.29, 0.717) is 0 Å². The van der Waals surface area contributed by atoms with E-state index in [1.807, 2.05) is 6.07 Å². The molecule has 3 heteroatoms. The van der Waals surface area contributed by atoms with Crippen LogP contribution < -0.4 is 25.9 Å². The lowest BCUT2D eigenvalue weighted by molar-refractivity contribution is 0.463. The summed E-state index contributed by atoms with van der Waals surface area (Å²) in [6.45, 7) is 13.7. The van der Waals surface area contributed by atoms with Crippen molar-refractivity contribution in [2.24, 2.45) is 0 Å². The minimum atomic E-state index is 0.0794. The SMILES string of the molecule is CC(C)(C)c1ccc2c(c1)B1c3cc(C(C)(C)C)ccc3Oc3cccc(c31)O2. The van der Waals surface area contributed by atoms with Crippen LogP contribution in [0.15, 0.2) is 54.6 Å². The Labute approximate surface area is 174 Å². The molecule has 0 fully saturated rings. The van der Waals surface area contributed by atoms with Gasteiger partial charge in [0, 0.05) is 5.46 Å². The summed E-state index contributed by atoms with van der Waals surface area (Å²) in [6.07, 6.45) is 0. The Hall–Kier alpha value is -2.68. The summed E-state index contributed by atoms with van der Waals surface area (Å²) in [4.78, 5) is 0. The van der Waals surface area contributed by atoms with Crippen molar-refractivity contribution in [1.29, 1.82) is 0 Å². The maximum atomic E-state index is 6.32. The number of hydrogen-bond acceptors (Lipinski definition) is 2. The Balaban J connectivity index is 1.79. The van der Waals surface area contributed by atoms with Gasteiger partial charge in [-0.25, -0.2) is 0 Å². The molecule has 0 N–H and O–H groups in total. The van der Waals surface area contributed by atoms with Gasteiger partial charge in [-0.15, -0.1) is 0 Å². The first-order valence-corrected chi connectivity index (χ1v) is 10.4. The molecule has 0 aliphatic carbocycles. The first-order chi connectivity index (χ1) is 13.6. The maximum Gasteiger partial charge on any atom is 0.260 e. The van der Waals surface area contributed by atoms with Crippen LogP contribution in [0.3, 0.4) is 0 Å².